The maximum atomic E-state index is 11.5. The molecule has 0 aliphatic rings. The number of aliphatic hydroxyl groups is 1. The van der Waals surface area contributed by atoms with Crippen LogP contribution in [-0.2, 0) is 9.53 Å². The van der Waals surface area contributed by atoms with Crippen LogP contribution in [0.15, 0.2) is 0 Å². The molecule has 0 fully saturated rings. The van der Waals surface area contributed by atoms with Gasteiger partial charge in [-0.1, -0.05) is 19.8 Å². The first-order chi connectivity index (χ1) is 6.69. The molecule has 90 valence electrons. The maximum absolute atomic E-state index is 11.5. The highest BCUT2D eigenvalue weighted by Crippen LogP contribution is 2.19. The van der Waals surface area contributed by atoms with Crippen LogP contribution in [0.2, 0.25) is 0 Å². The zero-order valence-corrected chi connectivity index (χ0v) is 10.6. The Morgan fingerprint density at radius 3 is 2.20 bits per heavy atom. The lowest BCUT2D eigenvalue weighted by molar-refractivity contribution is -0.160. The first kappa shape index (κ1) is 14.4. The van der Waals surface area contributed by atoms with Crippen LogP contribution >= 0.6 is 0 Å². The molecule has 15 heavy (non-hydrogen) atoms. The number of rotatable bonds is 5. The molecule has 0 heterocycles. The van der Waals surface area contributed by atoms with Crippen molar-refractivity contribution in [1.82, 2.24) is 0 Å². The zero-order valence-electron chi connectivity index (χ0n) is 10.6. The molecule has 3 heteroatoms. The second kappa shape index (κ2) is 5.50. The van der Waals surface area contributed by atoms with Crippen molar-refractivity contribution in [2.75, 3.05) is 6.61 Å². The average Bonchev–Trinajstić information content (AvgIpc) is 2.09. The average molecular weight is 216 g/mol. The largest absolute Gasteiger partial charge is 0.462 e. The van der Waals surface area contributed by atoms with Crippen LogP contribution in [0.3, 0.4) is 0 Å². The van der Waals surface area contributed by atoms with Crippen LogP contribution in [0, 0.1) is 5.41 Å². The van der Waals surface area contributed by atoms with Gasteiger partial charge in [0.1, 0.15) is 6.61 Å². The molecule has 0 aromatic heterocycles. The molecule has 0 saturated carbocycles. The van der Waals surface area contributed by atoms with E-state index in [1.165, 1.54) is 0 Å². The van der Waals surface area contributed by atoms with Gasteiger partial charge in [0.15, 0.2) is 0 Å². The highest BCUT2D eigenvalue weighted by molar-refractivity contribution is 5.75. The molecule has 0 aliphatic heterocycles. The Hall–Kier alpha value is -0.570. The van der Waals surface area contributed by atoms with E-state index in [4.69, 9.17) is 4.74 Å². The SMILES string of the molecule is CCCC[C@](C)(O)COC(=O)C(C)(C)C. The lowest BCUT2D eigenvalue weighted by Gasteiger charge is -2.25. The van der Waals surface area contributed by atoms with Gasteiger partial charge in [-0.2, -0.15) is 0 Å². The predicted molar refractivity (Wildman–Crippen MR) is 60.6 cm³/mol. The summed E-state index contributed by atoms with van der Waals surface area (Å²) in [6, 6.07) is 0. The minimum absolute atomic E-state index is 0.0864. The summed E-state index contributed by atoms with van der Waals surface area (Å²) in [5.41, 5.74) is -1.39. The topological polar surface area (TPSA) is 46.5 Å². The van der Waals surface area contributed by atoms with E-state index in [1.807, 2.05) is 0 Å². The third kappa shape index (κ3) is 6.50. The summed E-state index contributed by atoms with van der Waals surface area (Å²) in [6.45, 7) is 9.27. The Balaban J connectivity index is 3.98. The minimum atomic E-state index is -0.892. The van der Waals surface area contributed by atoms with Crippen molar-refractivity contribution >= 4 is 5.97 Å². The van der Waals surface area contributed by atoms with Crippen LogP contribution in [0.1, 0.15) is 53.9 Å². The third-order valence-corrected chi connectivity index (χ3v) is 2.20. The Morgan fingerprint density at radius 2 is 1.80 bits per heavy atom. The highest BCUT2D eigenvalue weighted by atomic mass is 16.5. The molecule has 0 spiro atoms. The second-order valence-corrected chi connectivity index (χ2v) is 5.43. The van der Waals surface area contributed by atoms with Crippen molar-refractivity contribution in [2.45, 2.75) is 59.5 Å². The normalized spacial score (nSPS) is 15.9. The highest BCUT2D eigenvalue weighted by Gasteiger charge is 2.27. The van der Waals surface area contributed by atoms with Crippen LogP contribution < -0.4 is 0 Å². The number of unbranched alkanes of at least 4 members (excludes halogenated alkanes) is 1. The summed E-state index contributed by atoms with van der Waals surface area (Å²) in [5.74, 6) is -0.265. The lowest BCUT2D eigenvalue weighted by Crippen LogP contribution is -2.34. The standard InChI is InChI=1S/C12H24O3/c1-6-7-8-12(5,14)9-15-10(13)11(2,3)4/h14H,6-9H2,1-5H3/t12-/m0/s1. The lowest BCUT2D eigenvalue weighted by atomic mass is 9.96. The molecule has 0 bridgehead atoms. The zero-order chi connectivity index (χ0) is 12.1. The first-order valence-corrected chi connectivity index (χ1v) is 5.58. The summed E-state index contributed by atoms with van der Waals surface area (Å²) in [4.78, 5) is 11.5. The van der Waals surface area contributed by atoms with Crippen molar-refractivity contribution in [3.8, 4) is 0 Å². The van der Waals surface area contributed by atoms with E-state index >= 15 is 0 Å². The third-order valence-electron chi connectivity index (χ3n) is 2.20. The van der Waals surface area contributed by atoms with E-state index < -0.39 is 11.0 Å². The molecule has 0 radical (unpaired) electrons. The predicted octanol–water partition coefficient (Wildman–Crippen LogP) is 2.52. The van der Waals surface area contributed by atoms with Gasteiger partial charge in [0.05, 0.1) is 11.0 Å². The molecule has 0 unspecified atom stereocenters. The number of ether oxygens (including phenoxy) is 1. The van der Waals surface area contributed by atoms with E-state index in [2.05, 4.69) is 6.92 Å². The van der Waals surface area contributed by atoms with E-state index in [0.717, 1.165) is 12.8 Å². The minimum Gasteiger partial charge on any atom is -0.462 e. The van der Waals surface area contributed by atoms with Crippen molar-refractivity contribution < 1.29 is 14.6 Å². The summed E-state index contributed by atoms with van der Waals surface area (Å²) >= 11 is 0. The molecule has 3 nitrogen and oxygen atoms in total. The van der Waals surface area contributed by atoms with Gasteiger partial charge in [-0.3, -0.25) is 4.79 Å². The van der Waals surface area contributed by atoms with E-state index in [9.17, 15) is 9.90 Å². The summed E-state index contributed by atoms with van der Waals surface area (Å²) in [6.07, 6.45) is 2.64. The van der Waals surface area contributed by atoms with Crippen LogP contribution in [0.5, 0.6) is 0 Å². The molecule has 1 N–H and O–H groups in total. The molecule has 0 amide bonds. The van der Waals surface area contributed by atoms with Gasteiger partial charge < -0.3 is 9.84 Å². The quantitative estimate of drug-likeness (QED) is 0.718. The Morgan fingerprint density at radius 1 is 1.27 bits per heavy atom. The monoisotopic (exact) mass is 216 g/mol. The van der Waals surface area contributed by atoms with Gasteiger partial charge in [-0.25, -0.2) is 0 Å². The van der Waals surface area contributed by atoms with Crippen molar-refractivity contribution in [3.63, 3.8) is 0 Å². The van der Waals surface area contributed by atoms with E-state index in [1.54, 1.807) is 27.7 Å². The molecule has 0 rings (SSSR count). The molecule has 0 saturated heterocycles. The number of hydrogen-bond acceptors (Lipinski definition) is 3. The Kier molecular flexibility index (Phi) is 5.29. The Bertz CT molecular complexity index is 201. The molecule has 0 aromatic rings. The van der Waals surface area contributed by atoms with Crippen molar-refractivity contribution in [2.24, 2.45) is 5.41 Å². The van der Waals surface area contributed by atoms with Crippen LogP contribution in [0.4, 0.5) is 0 Å². The molecule has 0 aromatic carbocycles. The van der Waals surface area contributed by atoms with Crippen molar-refractivity contribution in [1.29, 1.82) is 0 Å². The number of hydrogen-bond donors (Lipinski definition) is 1. The van der Waals surface area contributed by atoms with Crippen molar-refractivity contribution in [3.05, 3.63) is 0 Å². The van der Waals surface area contributed by atoms with Gasteiger partial charge in [0.25, 0.3) is 0 Å². The molecular weight excluding hydrogens is 192 g/mol. The fourth-order valence-electron chi connectivity index (χ4n) is 1.07. The summed E-state index contributed by atoms with van der Waals surface area (Å²) in [7, 11) is 0. The van der Waals surface area contributed by atoms with Gasteiger partial charge in [-0.15, -0.1) is 0 Å². The van der Waals surface area contributed by atoms with Crippen LogP contribution in [0.25, 0.3) is 0 Å². The maximum Gasteiger partial charge on any atom is 0.311 e. The van der Waals surface area contributed by atoms with Gasteiger partial charge in [0.2, 0.25) is 0 Å². The van der Waals surface area contributed by atoms with E-state index in [0.29, 0.717) is 6.42 Å². The second-order valence-electron chi connectivity index (χ2n) is 5.43. The number of carbonyl (C=O) groups excluding carboxylic acids is 1. The molecule has 1 atom stereocenters. The fourth-order valence-corrected chi connectivity index (χ4v) is 1.07. The summed E-state index contributed by atoms with van der Waals surface area (Å²) in [5, 5.41) is 9.88. The number of esters is 1. The van der Waals surface area contributed by atoms with Gasteiger partial charge in [0, 0.05) is 0 Å². The Labute approximate surface area is 92.8 Å². The summed E-state index contributed by atoms with van der Waals surface area (Å²) < 4.78 is 5.08. The molecular formula is C12H24O3. The number of carbonyl (C=O) groups is 1. The fraction of sp³-hybridized carbons (Fsp3) is 0.917. The molecule has 0 aliphatic carbocycles. The van der Waals surface area contributed by atoms with Gasteiger partial charge in [-0.05, 0) is 34.1 Å². The smallest absolute Gasteiger partial charge is 0.311 e. The van der Waals surface area contributed by atoms with Crippen LogP contribution in [-0.4, -0.2) is 23.3 Å². The van der Waals surface area contributed by atoms with E-state index in [-0.39, 0.29) is 12.6 Å². The first-order valence-electron chi connectivity index (χ1n) is 5.58. The van der Waals surface area contributed by atoms with Gasteiger partial charge >= 0.3 is 5.97 Å².